The first-order valence-electron chi connectivity index (χ1n) is 5.09. The molecule has 1 fully saturated rings. The molecule has 1 saturated heterocycles. The normalized spacial score (nSPS) is 17.6. The molecular weight excluding hydrogens is 192 g/mol. The molecule has 1 aromatic rings. The number of aldehydes is 1. The molecule has 15 heavy (non-hydrogen) atoms. The lowest BCUT2D eigenvalue weighted by Crippen LogP contribution is -2.35. The third kappa shape index (κ3) is 2.84. The second-order valence-corrected chi connectivity index (χ2v) is 3.60. The highest BCUT2D eigenvalue weighted by molar-refractivity contribution is 5.71. The van der Waals surface area contributed by atoms with Crippen LogP contribution in [0.1, 0.15) is 16.1 Å². The third-order valence-electron chi connectivity index (χ3n) is 2.48. The second-order valence-electron chi connectivity index (χ2n) is 3.60. The summed E-state index contributed by atoms with van der Waals surface area (Å²) in [7, 11) is 0. The van der Waals surface area contributed by atoms with Gasteiger partial charge in [0.1, 0.15) is 5.69 Å². The first-order valence-corrected chi connectivity index (χ1v) is 5.09. The minimum absolute atomic E-state index is 0.501. The molecule has 2 heterocycles. The highest BCUT2D eigenvalue weighted by atomic mass is 16.5. The molecule has 80 valence electrons. The molecule has 0 atom stereocenters. The predicted molar refractivity (Wildman–Crippen MR) is 55.7 cm³/mol. The van der Waals surface area contributed by atoms with E-state index in [1.807, 2.05) is 12.1 Å². The van der Waals surface area contributed by atoms with Gasteiger partial charge in [-0.15, -0.1) is 0 Å². The van der Waals surface area contributed by atoms with Crippen molar-refractivity contribution in [1.82, 2.24) is 9.88 Å². The van der Waals surface area contributed by atoms with Crippen molar-refractivity contribution in [2.75, 3.05) is 26.3 Å². The molecule has 0 saturated carbocycles. The van der Waals surface area contributed by atoms with Crippen LogP contribution in [0.15, 0.2) is 18.3 Å². The lowest BCUT2D eigenvalue weighted by Gasteiger charge is -2.26. The first kappa shape index (κ1) is 10.3. The monoisotopic (exact) mass is 206 g/mol. The second kappa shape index (κ2) is 5.00. The van der Waals surface area contributed by atoms with Gasteiger partial charge in [-0.05, 0) is 17.7 Å². The zero-order valence-corrected chi connectivity index (χ0v) is 8.56. The molecule has 0 amide bonds. The van der Waals surface area contributed by atoms with E-state index < -0.39 is 0 Å². The zero-order chi connectivity index (χ0) is 10.5. The number of ether oxygens (including phenoxy) is 1. The summed E-state index contributed by atoms with van der Waals surface area (Å²) in [5.41, 5.74) is 1.63. The summed E-state index contributed by atoms with van der Waals surface area (Å²) < 4.78 is 5.27. The van der Waals surface area contributed by atoms with Crippen LogP contribution in [0.5, 0.6) is 0 Å². The standard InChI is InChI=1S/C11H14N2O2/c14-9-11-7-10(1-2-12-11)8-13-3-5-15-6-4-13/h1-2,7,9H,3-6,8H2. The van der Waals surface area contributed by atoms with Gasteiger partial charge < -0.3 is 4.74 Å². The summed E-state index contributed by atoms with van der Waals surface area (Å²) in [5, 5.41) is 0. The summed E-state index contributed by atoms with van der Waals surface area (Å²) >= 11 is 0. The molecule has 0 spiro atoms. The highest BCUT2D eigenvalue weighted by Crippen LogP contribution is 2.07. The first-order chi connectivity index (χ1) is 7.38. The van der Waals surface area contributed by atoms with Gasteiger partial charge in [0.25, 0.3) is 0 Å². The van der Waals surface area contributed by atoms with Crippen LogP contribution in [0.25, 0.3) is 0 Å². The Bertz CT molecular complexity index is 335. The summed E-state index contributed by atoms with van der Waals surface area (Å²) in [6.07, 6.45) is 2.46. The molecule has 4 nitrogen and oxygen atoms in total. The van der Waals surface area contributed by atoms with Crippen molar-refractivity contribution in [1.29, 1.82) is 0 Å². The Morgan fingerprint density at radius 1 is 1.47 bits per heavy atom. The molecule has 1 aromatic heterocycles. The van der Waals surface area contributed by atoms with E-state index >= 15 is 0 Å². The van der Waals surface area contributed by atoms with Crippen LogP contribution >= 0.6 is 0 Å². The van der Waals surface area contributed by atoms with E-state index in [0.29, 0.717) is 5.69 Å². The topological polar surface area (TPSA) is 42.4 Å². The molecule has 4 heteroatoms. The van der Waals surface area contributed by atoms with E-state index in [4.69, 9.17) is 4.74 Å². The molecule has 1 aliphatic rings. The fourth-order valence-corrected chi connectivity index (χ4v) is 1.67. The Morgan fingerprint density at radius 3 is 3.00 bits per heavy atom. The lowest BCUT2D eigenvalue weighted by atomic mass is 10.2. The number of hydrogen-bond donors (Lipinski definition) is 0. The number of nitrogens with zero attached hydrogens (tertiary/aromatic N) is 2. The Kier molecular flexibility index (Phi) is 3.42. The molecular formula is C11H14N2O2. The Morgan fingerprint density at radius 2 is 2.27 bits per heavy atom. The van der Waals surface area contributed by atoms with Gasteiger partial charge >= 0.3 is 0 Å². The predicted octanol–water partition coefficient (Wildman–Crippen LogP) is 0.726. The molecule has 0 aliphatic carbocycles. The quantitative estimate of drug-likeness (QED) is 0.684. The van der Waals surface area contributed by atoms with Crippen LogP contribution in [-0.2, 0) is 11.3 Å². The van der Waals surface area contributed by atoms with Gasteiger partial charge in [0.05, 0.1) is 13.2 Å². The van der Waals surface area contributed by atoms with Crippen molar-refractivity contribution < 1.29 is 9.53 Å². The molecule has 0 N–H and O–H groups in total. The van der Waals surface area contributed by atoms with Crippen LogP contribution in [0.4, 0.5) is 0 Å². The van der Waals surface area contributed by atoms with Crippen LogP contribution < -0.4 is 0 Å². The maximum Gasteiger partial charge on any atom is 0.168 e. The van der Waals surface area contributed by atoms with Gasteiger partial charge in [-0.1, -0.05) is 0 Å². The maximum absolute atomic E-state index is 10.6. The minimum atomic E-state index is 0.501. The summed E-state index contributed by atoms with van der Waals surface area (Å²) in [6, 6.07) is 3.78. The average molecular weight is 206 g/mol. The third-order valence-corrected chi connectivity index (χ3v) is 2.48. The Labute approximate surface area is 88.9 Å². The van der Waals surface area contributed by atoms with Crippen molar-refractivity contribution in [3.8, 4) is 0 Å². The van der Waals surface area contributed by atoms with Crippen LogP contribution in [-0.4, -0.2) is 42.5 Å². The lowest BCUT2D eigenvalue weighted by molar-refractivity contribution is 0.0341. The molecule has 1 aliphatic heterocycles. The fraction of sp³-hybridized carbons (Fsp3) is 0.455. The molecule has 0 bridgehead atoms. The van der Waals surface area contributed by atoms with Crippen molar-refractivity contribution >= 4 is 6.29 Å². The maximum atomic E-state index is 10.6. The number of pyridine rings is 1. The van der Waals surface area contributed by atoms with Gasteiger partial charge in [0, 0.05) is 25.8 Å². The number of aromatic nitrogens is 1. The van der Waals surface area contributed by atoms with Crippen LogP contribution in [0.3, 0.4) is 0 Å². The van der Waals surface area contributed by atoms with E-state index in [1.54, 1.807) is 6.20 Å². The molecule has 2 rings (SSSR count). The van der Waals surface area contributed by atoms with E-state index in [0.717, 1.165) is 44.7 Å². The van der Waals surface area contributed by atoms with Crippen molar-refractivity contribution in [3.63, 3.8) is 0 Å². The Balaban J connectivity index is 1.99. The SMILES string of the molecule is O=Cc1cc(CN2CCOCC2)ccn1. The summed E-state index contributed by atoms with van der Waals surface area (Å²) in [4.78, 5) is 16.8. The van der Waals surface area contributed by atoms with Gasteiger partial charge in [0.15, 0.2) is 6.29 Å². The number of hydrogen-bond acceptors (Lipinski definition) is 4. The van der Waals surface area contributed by atoms with Gasteiger partial charge in [-0.25, -0.2) is 0 Å². The number of rotatable bonds is 3. The van der Waals surface area contributed by atoms with Crippen LogP contribution in [0, 0.1) is 0 Å². The van der Waals surface area contributed by atoms with Gasteiger partial charge in [0.2, 0.25) is 0 Å². The number of carbonyl (C=O) groups excluding carboxylic acids is 1. The fourth-order valence-electron chi connectivity index (χ4n) is 1.67. The van der Waals surface area contributed by atoms with Crippen LogP contribution in [0.2, 0.25) is 0 Å². The average Bonchev–Trinajstić information content (AvgIpc) is 2.31. The van der Waals surface area contributed by atoms with E-state index in [9.17, 15) is 4.79 Å². The van der Waals surface area contributed by atoms with Gasteiger partial charge in [-0.2, -0.15) is 0 Å². The van der Waals surface area contributed by atoms with Crippen molar-refractivity contribution in [2.45, 2.75) is 6.54 Å². The van der Waals surface area contributed by atoms with E-state index in [2.05, 4.69) is 9.88 Å². The Hall–Kier alpha value is -1.26. The largest absolute Gasteiger partial charge is 0.379 e. The van der Waals surface area contributed by atoms with Gasteiger partial charge in [-0.3, -0.25) is 14.7 Å². The smallest absolute Gasteiger partial charge is 0.168 e. The highest BCUT2D eigenvalue weighted by Gasteiger charge is 2.10. The number of carbonyl (C=O) groups is 1. The summed E-state index contributed by atoms with van der Waals surface area (Å²) in [5.74, 6) is 0. The number of morpholine rings is 1. The van der Waals surface area contributed by atoms with E-state index in [-0.39, 0.29) is 0 Å². The zero-order valence-electron chi connectivity index (χ0n) is 8.56. The van der Waals surface area contributed by atoms with E-state index in [1.165, 1.54) is 0 Å². The minimum Gasteiger partial charge on any atom is -0.379 e. The molecule has 0 unspecified atom stereocenters. The van der Waals surface area contributed by atoms with Crippen molar-refractivity contribution in [3.05, 3.63) is 29.6 Å². The summed E-state index contributed by atoms with van der Waals surface area (Å²) in [6.45, 7) is 4.38. The molecule has 0 radical (unpaired) electrons. The molecule has 0 aromatic carbocycles. The van der Waals surface area contributed by atoms with Crippen molar-refractivity contribution in [2.24, 2.45) is 0 Å².